The average Bonchev–Trinajstić information content (AvgIpc) is 3.37. The lowest BCUT2D eigenvalue weighted by Crippen LogP contribution is -2.25. The van der Waals surface area contributed by atoms with Crippen molar-refractivity contribution in [3.63, 3.8) is 0 Å². The Morgan fingerprint density at radius 2 is 1.82 bits per heavy atom. The lowest BCUT2D eigenvalue weighted by molar-refractivity contribution is 0.0815. The van der Waals surface area contributed by atoms with Gasteiger partial charge in [-0.1, -0.05) is 60.7 Å². The number of aromatic nitrogens is 4. The van der Waals surface area contributed by atoms with Crippen molar-refractivity contribution in [3.8, 4) is 5.75 Å². The fourth-order valence-corrected chi connectivity index (χ4v) is 5.94. The topological polar surface area (TPSA) is 126 Å². The van der Waals surface area contributed by atoms with Crippen LogP contribution in [0, 0.1) is 6.92 Å². The molecule has 0 bridgehead atoms. The van der Waals surface area contributed by atoms with E-state index in [1.165, 1.54) is 11.9 Å². The van der Waals surface area contributed by atoms with Crippen LogP contribution in [0.4, 0.5) is 5.82 Å². The Hall–Kier alpha value is -3.82. The molecule has 5 aromatic rings. The van der Waals surface area contributed by atoms with Crippen molar-refractivity contribution in [2.24, 2.45) is 0 Å². The SMILES string of the molecule is Cc1ccccc1COCCN[P@](=O)(CO[C@H](C)Cn1cnc2c(N)ncnc21)Oc1cccc2ccccc12. The molecule has 11 heteroatoms. The van der Waals surface area contributed by atoms with Crippen molar-refractivity contribution in [2.45, 2.75) is 33.1 Å². The van der Waals surface area contributed by atoms with Gasteiger partial charge in [0.2, 0.25) is 0 Å². The summed E-state index contributed by atoms with van der Waals surface area (Å²) in [6.07, 6.45) is 2.58. The second-order valence-corrected chi connectivity index (χ2v) is 11.7. The van der Waals surface area contributed by atoms with Crippen LogP contribution in [-0.2, 0) is 27.2 Å². The molecule has 0 saturated heterocycles. The molecule has 2 aromatic heterocycles. The first-order chi connectivity index (χ1) is 19.4. The van der Waals surface area contributed by atoms with E-state index < -0.39 is 7.52 Å². The Bertz CT molecular complexity index is 1640. The van der Waals surface area contributed by atoms with Crippen LogP contribution < -0.4 is 15.3 Å². The number of hydrogen-bond acceptors (Lipinski definition) is 8. The van der Waals surface area contributed by atoms with E-state index in [0.29, 0.717) is 49.0 Å². The number of benzene rings is 3. The maximum Gasteiger partial charge on any atom is 0.342 e. The Morgan fingerprint density at radius 1 is 1.02 bits per heavy atom. The summed E-state index contributed by atoms with van der Waals surface area (Å²) >= 11 is 0. The third-order valence-electron chi connectivity index (χ3n) is 6.53. The van der Waals surface area contributed by atoms with Crippen LogP contribution in [0.15, 0.2) is 79.4 Å². The monoisotopic (exact) mass is 560 g/mol. The second kappa shape index (κ2) is 12.6. The highest BCUT2D eigenvalue weighted by atomic mass is 31.2. The molecular weight excluding hydrogens is 527 g/mol. The number of imidazole rings is 1. The average molecular weight is 561 g/mol. The summed E-state index contributed by atoms with van der Waals surface area (Å²) in [4.78, 5) is 12.6. The van der Waals surface area contributed by atoms with E-state index >= 15 is 0 Å². The van der Waals surface area contributed by atoms with Crippen molar-refractivity contribution < 1.29 is 18.6 Å². The molecule has 2 atom stereocenters. The van der Waals surface area contributed by atoms with Gasteiger partial charge < -0.3 is 24.3 Å². The highest BCUT2D eigenvalue weighted by molar-refractivity contribution is 7.57. The lowest BCUT2D eigenvalue weighted by Gasteiger charge is -2.23. The Labute approximate surface area is 233 Å². The van der Waals surface area contributed by atoms with Gasteiger partial charge in [-0.05, 0) is 36.4 Å². The van der Waals surface area contributed by atoms with Gasteiger partial charge in [0.25, 0.3) is 0 Å². The van der Waals surface area contributed by atoms with Gasteiger partial charge in [-0.25, -0.2) is 20.0 Å². The smallest absolute Gasteiger partial charge is 0.342 e. The molecule has 40 heavy (non-hydrogen) atoms. The maximum absolute atomic E-state index is 14.1. The van der Waals surface area contributed by atoms with E-state index in [2.05, 4.69) is 33.0 Å². The van der Waals surface area contributed by atoms with Crippen LogP contribution in [-0.4, -0.2) is 45.1 Å². The molecule has 10 nitrogen and oxygen atoms in total. The zero-order valence-electron chi connectivity index (χ0n) is 22.6. The molecule has 0 amide bonds. The number of hydrogen-bond donors (Lipinski definition) is 2. The van der Waals surface area contributed by atoms with Gasteiger partial charge in [0.15, 0.2) is 11.5 Å². The number of fused-ring (bicyclic) bond motifs is 2. The highest BCUT2D eigenvalue weighted by Gasteiger charge is 2.27. The number of nitrogens with two attached hydrogens (primary N) is 1. The third-order valence-corrected chi connectivity index (χ3v) is 8.21. The molecule has 0 unspecified atom stereocenters. The number of anilines is 1. The van der Waals surface area contributed by atoms with E-state index in [1.807, 2.05) is 72.2 Å². The van der Waals surface area contributed by atoms with Crippen molar-refractivity contribution >= 4 is 35.3 Å². The van der Waals surface area contributed by atoms with Gasteiger partial charge in [0.1, 0.15) is 23.9 Å². The zero-order chi connectivity index (χ0) is 28.0. The largest absolute Gasteiger partial charge is 0.431 e. The Kier molecular flexibility index (Phi) is 8.72. The van der Waals surface area contributed by atoms with E-state index in [9.17, 15) is 4.57 Å². The summed E-state index contributed by atoms with van der Waals surface area (Å²) in [5, 5.41) is 4.96. The van der Waals surface area contributed by atoms with Crippen LogP contribution >= 0.6 is 7.52 Å². The fraction of sp³-hybridized carbons (Fsp3) is 0.276. The summed E-state index contributed by atoms with van der Waals surface area (Å²) in [5.74, 6) is 0.845. The van der Waals surface area contributed by atoms with Crippen molar-refractivity contribution in [2.75, 3.05) is 25.2 Å². The molecule has 0 aliphatic rings. The van der Waals surface area contributed by atoms with Crippen LogP contribution in [0.1, 0.15) is 18.1 Å². The predicted molar refractivity (Wildman–Crippen MR) is 156 cm³/mol. The maximum atomic E-state index is 14.1. The van der Waals surface area contributed by atoms with E-state index in [1.54, 1.807) is 6.33 Å². The number of ether oxygens (including phenoxy) is 2. The molecule has 3 aromatic carbocycles. The molecule has 0 fully saturated rings. The number of nitrogens with one attached hydrogen (secondary N) is 1. The first-order valence-electron chi connectivity index (χ1n) is 13.1. The molecule has 0 aliphatic carbocycles. The Morgan fingerprint density at radius 3 is 2.70 bits per heavy atom. The zero-order valence-corrected chi connectivity index (χ0v) is 23.5. The summed E-state index contributed by atoms with van der Waals surface area (Å²) in [7, 11) is -3.49. The van der Waals surface area contributed by atoms with Crippen LogP contribution in [0.5, 0.6) is 5.75 Å². The van der Waals surface area contributed by atoms with Crippen LogP contribution in [0.2, 0.25) is 0 Å². The standard InChI is InChI=1S/C29H33N6O4P/c1-21-8-3-4-10-24(21)17-37-15-14-34-40(36,39-26-13-7-11-23-9-5-6-12-25(23)26)20-38-22(2)16-35-19-33-27-28(30)31-18-32-29(27)35/h3-13,18-19,22H,14-17,20H2,1-2H3,(H,34,36)(H2,30,31,32)/t22-,40+/m1/s1. The summed E-state index contributed by atoms with van der Waals surface area (Å²) in [6, 6.07) is 21.6. The molecular formula is C29H33N6O4P. The van der Waals surface area contributed by atoms with Gasteiger partial charge in [-0.3, -0.25) is 4.57 Å². The van der Waals surface area contributed by atoms with Crippen LogP contribution in [0.25, 0.3) is 21.9 Å². The van der Waals surface area contributed by atoms with Crippen molar-refractivity contribution in [1.29, 1.82) is 0 Å². The summed E-state index contributed by atoms with van der Waals surface area (Å²) < 4.78 is 34.0. The summed E-state index contributed by atoms with van der Waals surface area (Å²) in [6.45, 7) is 5.53. The first kappa shape index (κ1) is 27.7. The minimum Gasteiger partial charge on any atom is -0.431 e. The third kappa shape index (κ3) is 6.66. The minimum atomic E-state index is -3.49. The molecule has 0 saturated carbocycles. The van der Waals surface area contributed by atoms with Gasteiger partial charge >= 0.3 is 7.52 Å². The number of aryl methyl sites for hydroxylation is 1. The molecule has 0 spiro atoms. The number of rotatable bonds is 13. The van der Waals surface area contributed by atoms with Gasteiger partial charge in [0.05, 0.1) is 32.2 Å². The fourth-order valence-electron chi connectivity index (χ4n) is 4.37. The molecule has 5 rings (SSSR count). The minimum absolute atomic E-state index is 0.140. The van der Waals surface area contributed by atoms with Gasteiger partial charge in [0, 0.05) is 11.9 Å². The predicted octanol–water partition coefficient (Wildman–Crippen LogP) is 5.31. The van der Waals surface area contributed by atoms with E-state index in [-0.39, 0.29) is 12.5 Å². The van der Waals surface area contributed by atoms with Crippen molar-refractivity contribution in [1.82, 2.24) is 24.6 Å². The molecule has 208 valence electrons. The molecule has 0 aliphatic heterocycles. The molecule has 3 N–H and O–H groups in total. The summed E-state index contributed by atoms with van der Waals surface area (Å²) in [5.41, 5.74) is 9.34. The lowest BCUT2D eigenvalue weighted by atomic mass is 10.1. The quantitative estimate of drug-likeness (QED) is 0.145. The normalized spacial score (nSPS) is 13.8. The van der Waals surface area contributed by atoms with Gasteiger partial charge in [-0.2, -0.15) is 0 Å². The first-order valence-corrected chi connectivity index (χ1v) is 14.9. The number of nitrogens with zero attached hydrogens (tertiary/aromatic N) is 4. The van der Waals surface area contributed by atoms with E-state index in [0.717, 1.165) is 16.3 Å². The molecule has 2 heterocycles. The number of nitrogen functional groups attached to an aromatic ring is 1. The molecule has 0 radical (unpaired) electrons. The Balaban J connectivity index is 1.25. The second-order valence-electron chi connectivity index (χ2n) is 9.56. The van der Waals surface area contributed by atoms with E-state index in [4.69, 9.17) is 19.7 Å². The van der Waals surface area contributed by atoms with Crippen LogP contribution in [0.3, 0.4) is 0 Å². The highest BCUT2D eigenvalue weighted by Crippen LogP contribution is 2.45. The van der Waals surface area contributed by atoms with Crippen molar-refractivity contribution in [3.05, 3.63) is 90.5 Å². The van der Waals surface area contributed by atoms with Gasteiger partial charge in [-0.15, -0.1) is 0 Å².